The summed E-state index contributed by atoms with van der Waals surface area (Å²) in [5.41, 5.74) is 4.52. The molecule has 2 aromatic rings. The van der Waals surface area contributed by atoms with Crippen molar-refractivity contribution in [1.29, 1.82) is 0 Å². The highest BCUT2D eigenvalue weighted by Gasteiger charge is 2.31. The maximum absolute atomic E-state index is 12.7. The minimum absolute atomic E-state index is 0.187. The number of hydrogen-bond acceptors (Lipinski definition) is 5. The summed E-state index contributed by atoms with van der Waals surface area (Å²) in [5.74, 6) is -1.90. The summed E-state index contributed by atoms with van der Waals surface area (Å²) in [6.45, 7) is 2.67. The van der Waals surface area contributed by atoms with E-state index in [1.807, 2.05) is 0 Å². The Balaban J connectivity index is 2.06. The molecule has 1 amide bonds. The molecule has 9 heteroatoms. The Bertz CT molecular complexity index is 926. The molecule has 2 rings (SSSR count). The molecule has 0 unspecified atom stereocenters. The van der Waals surface area contributed by atoms with Gasteiger partial charge in [0.2, 0.25) is 0 Å². The molecular weight excluding hydrogens is 377 g/mol. The van der Waals surface area contributed by atoms with E-state index in [4.69, 9.17) is 10.5 Å². The zero-order chi connectivity index (χ0) is 21.1. The lowest BCUT2D eigenvalue weighted by Gasteiger charge is -2.15. The van der Waals surface area contributed by atoms with Crippen molar-refractivity contribution in [2.24, 2.45) is 0 Å². The van der Waals surface area contributed by atoms with E-state index in [1.165, 1.54) is 19.9 Å². The number of ether oxygens (including phenoxy) is 1. The third-order valence-corrected chi connectivity index (χ3v) is 3.79. The quantitative estimate of drug-likeness (QED) is 0.458. The Labute approximate surface area is 158 Å². The zero-order valence-electron chi connectivity index (χ0n) is 15.0. The first-order valence-corrected chi connectivity index (χ1v) is 8.08. The van der Waals surface area contributed by atoms with E-state index in [-0.39, 0.29) is 11.3 Å². The van der Waals surface area contributed by atoms with Crippen LogP contribution >= 0.6 is 0 Å². The number of ketones is 1. The average molecular weight is 394 g/mol. The first kappa shape index (κ1) is 20.9. The fourth-order valence-electron chi connectivity index (χ4n) is 2.26. The van der Waals surface area contributed by atoms with Gasteiger partial charge in [0.15, 0.2) is 11.9 Å². The maximum atomic E-state index is 12.7. The zero-order valence-corrected chi connectivity index (χ0v) is 15.0. The Morgan fingerprint density at radius 1 is 1.11 bits per heavy atom. The molecule has 28 heavy (non-hydrogen) atoms. The van der Waals surface area contributed by atoms with Gasteiger partial charge in [-0.15, -0.1) is 0 Å². The first-order valence-electron chi connectivity index (χ1n) is 8.08. The first-order chi connectivity index (χ1) is 13.0. The number of benzene rings is 2. The maximum Gasteiger partial charge on any atom is 0.416 e. The molecule has 0 saturated heterocycles. The van der Waals surface area contributed by atoms with Crippen LogP contribution in [0.4, 0.5) is 24.5 Å². The number of carbonyl (C=O) groups excluding carboxylic acids is 3. The van der Waals surface area contributed by atoms with Crippen molar-refractivity contribution in [3.8, 4) is 0 Å². The largest absolute Gasteiger partial charge is 0.449 e. The highest BCUT2D eigenvalue weighted by atomic mass is 19.4. The number of nitrogens with one attached hydrogen (secondary N) is 1. The van der Waals surface area contributed by atoms with Crippen LogP contribution in [-0.4, -0.2) is 23.8 Å². The second-order valence-electron chi connectivity index (χ2n) is 5.97. The third-order valence-electron chi connectivity index (χ3n) is 3.79. The molecule has 0 aliphatic carbocycles. The predicted molar refractivity (Wildman–Crippen MR) is 95.8 cm³/mol. The summed E-state index contributed by atoms with van der Waals surface area (Å²) in [4.78, 5) is 35.7. The van der Waals surface area contributed by atoms with Gasteiger partial charge in [0.25, 0.3) is 5.91 Å². The number of hydrogen-bond donors (Lipinski definition) is 2. The number of rotatable bonds is 5. The Morgan fingerprint density at radius 2 is 1.79 bits per heavy atom. The van der Waals surface area contributed by atoms with Gasteiger partial charge in [-0.25, -0.2) is 4.79 Å². The lowest BCUT2D eigenvalue weighted by atomic mass is 10.1. The molecule has 0 aromatic heterocycles. The van der Waals surface area contributed by atoms with Crippen molar-refractivity contribution >= 4 is 29.0 Å². The van der Waals surface area contributed by atoms with E-state index in [9.17, 15) is 27.6 Å². The van der Waals surface area contributed by atoms with Gasteiger partial charge in [0.1, 0.15) is 0 Å². The summed E-state index contributed by atoms with van der Waals surface area (Å²) in [7, 11) is 0. The van der Waals surface area contributed by atoms with Crippen molar-refractivity contribution in [3.63, 3.8) is 0 Å². The fourth-order valence-corrected chi connectivity index (χ4v) is 2.26. The van der Waals surface area contributed by atoms with Gasteiger partial charge in [0, 0.05) is 16.9 Å². The number of nitrogen functional groups attached to an aromatic ring is 1. The standard InChI is InChI=1S/C19H17F3N2O4/c1-10(25)12-4-3-5-14(8-12)24-17(26)11(2)28-18(27)15-7-6-13(9-16(15)23)19(20,21)22/h3-9,11H,23H2,1-2H3,(H,24,26)/t11-/m1/s1. The Kier molecular flexibility index (Phi) is 6.07. The summed E-state index contributed by atoms with van der Waals surface area (Å²) < 4.78 is 42.9. The smallest absolute Gasteiger partial charge is 0.416 e. The number of Topliss-reactive ketones (excluding diaryl/α,β-unsaturated/α-hetero) is 1. The second-order valence-corrected chi connectivity index (χ2v) is 5.97. The molecule has 0 spiro atoms. The predicted octanol–water partition coefficient (Wildman–Crippen LogP) is 3.67. The molecule has 0 heterocycles. The summed E-state index contributed by atoms with van der Waals surface area (Å²) in [6.07, 6.45) is -5.85. The van der Waals surface area contributed by atoms with Crippen LogP contribution in [0.3, 0.4) is 0 Å². The van der Waals surface area contributed by atoms with Crippen LogP contribution in [0.25, 0.3) is 0 Å². The second kappa shape index (κ2) is 8.12. The van der Waals surface area contributed by atoms with Gasteiger partial charge in [-0.05, 0) is 44.2 Å². The van der Waals surface area contributed by atoms with Crippen LogP contribution in [0, 0.1) is 0 Å². The van der Waals surface area contributed by atoms with Gasteiger partial charge in [-0.3, -0.25) is 9.59 Å². The van der Waals surface area contributed by atoms with Crippen LogP contribution in [0.1, 0.15) is 40.1 Å². The SMILES string of the molecule is CC(=O)c1cccc(NC(=O)[C@@H](C)OC(=O)c2ccc(C(F)(F)F)cc2N)c1. The number of halogens is 3. The monoisotopic (exact) mass is 394 g/mol. The number of amides is 1. The average Bonchev–Trinajstić information content (AvgIpc) is 2.60. The minimum atomic E-state index is -4.60. The molecule has 0 saturated carbocycles. The van der Waals surface area contributed by atoms with E-state index in [2.05, 4.69) is 5.32 Å². The van der Waals surface area contributed by atoms with Crippen LogP contribution in [-0.2, 0) is 15.7 Å². The van der Waals surface area contributed by atoms with Crippen molar-refractivity contribution in [2.45, 2.75) is 26.1 Å². The molecule has 0 fully saturated rings. The molecular formula is C19H17F3N2O4. The van der Waals surface area contributed by atoms with E-state index >= 15 is 0 Å². The van der Waals surface area contributed by atoms with E-state index < -0.39 is 35.4 Å². The van der Waals surface area contributed by atoms with Crippen LogP contribution in [0.2, 0.25) is 0 Å². The van der Waals surface area contributed by atoms with Crippen LogP contribution < -0.4 is 11.1 Å². The number of nitrogens with two attached hydrogens (primary N) is 1. The van der Waals surface area contributed by atoms with Gasteiger partial charge in [-0.2, -0.15) is 13.2 Å². The minimum Gasteiger partial charge on any atom is -0.449 e. The molecule has 0 bridgehead atoms. The third kappa shape index (κ3) is 5.09. The normalized spacial score (nSPS) is 12.2. The van der Waals surface area contributed by atoms with Crippen molar-refractivity contribution in [2.75, 3.05) is 11.1 Å². The number of esters is 1. The fraction of sp³-hybridized carbons (Fsp3) is 0.211. The van der Waals surface area contributed by atoms with Crippen LogP contribution in [0.5, 0.6) is 0 Å². The highest BCUT2D eigenvalue weighted by molar-refractivity contribution is 6.00. The number of carbonyl (C=O) groups is 3. The molecule has 0 radical (unpaired) electrons. The van der Waals surface area contributed by atoms with Gasteiger partial charge < -0.3 is 15.8 Å². The molecule has 148 valence electrons. The highest BCUT2D eigenvalue weighted by Crippen LogP contribution is 2.31. The number of anilines is 2. The molecule has 2 aromatic carbocycles. The number of alkyl halides is 3. The van der Waals surface area contributed by atoms with Gasteiger partial charge in [0.05, 0.1) is 11.1 Å². The van der Waals surface area contributed by atoms with Gasteiger partial charge >= 0.3 is 12.1 Å². The lowest BCUT2D eigenvalue weighted by Crippen LogP contribution is -2.30. The Morgan fingerprint density at radius 3 is 2.36 bits per heavy atom. The summed E-state index contributed by atoms with van der Waals surface area (Å²) in [5, 5.41) is 2.49. The van der Waals surface area contributed by atoms with Crippen molar-refractivity contribution in [1.82, 2.24) is 0 Å². The molecule has 6 nitrogen and oxygen atoms in total. The molecule has 0 aliphatic heterocycles. The van der Waals surface area contributed by atoms with Crippen molar-refractivity contribution < 1.29 is 32.3 Å². The van der Waals surface area contributed by atoms with E-state index in [0.29, 0.717) is 23.4 Å². The van der Waals surface area contributed by atoms with Gasteiger partial charge in [-0.1, -0.05) is 12.1 Å². The molecule has 3 N–H and O–H groups in total. The summed E-state index contributed by atoms with van der Waals surface area (Å²) >= 11 is 0. The lowest BCUT2D eigenvalue weighted by molar-refractivity contribution is -0.137. The van der Waals surface area contributed by atoms with Crippen molar-refractivity contribution in [3.05, 3.63) is 59.2 Å². The topological polar surface area (TPSA) is 98.5 Å². The summed E-state index contributed by atoms with van der Waals surface area (Å²) in [6, 6.07) is 8.37. The van der Waals surface area contributed by atoms with E-state index in [1.54, 1.807) is 18.2 Å². The van der Waals surface area contributed by atoms with Crippen LogP contribution in [0.15, 0.2) is 42.5 Å². The molecule has 0 aliphatic rings. The Hall–Kier alpha value is -3.36. The van der Waals surface area contributed by atoms with E-state index in [0.717, 1.165) is 6.07 Å². The molecule has 1 atom stereocenters.